The van der Waals surface area contributed by atoms with Gasteiger partial charge in [0.05, 0.1) is 23.6 Å². The molecular weight excluding hydrogens is 228 g/mol. The average molecular weight is 248 g/mol. The molecule has 0 aromatic carbocycles. The van der Waals surface area contributed by atoms with Gasteiger partial charge in [-0.15, -0.1) is 0 Å². The third-order valence-electron chi connectivity index (χ3n) is 3.13. The van der Waals surface area contributed by atoms with E-state index in [9.17, 15) is 0 Å². The van der Waals surface area contributed by atoms with Crippen molar-refractivity contribution in [2.24, 2.45) is 12.8 Å². The molecule has 0 amide bonds. The predicted molar refractivity (Wildman–Crippen MR) is 68.9 cm³/mol. The number of rotatable bonds is 5. The third kappa shape index (κ3) is 2.76. The summed E-state index contributed by atoms with van der Waals surface area (Å²) in [6.45, 7) is 4.30. The zero-order chi connectivity index (χ0) is 13.1. The minimum atomic E-state index is -0.154. The summed E-state index contributed by atoms with van der Waals surface area (Å²) in [5.74, 6) is 0. The minimum Gasteiger partial charge on any atom is -0.322 e. The Bertz CT molecular complexity index is 500. The van der Waals surface area contributed by atoms with E-state index >= 15 is 0 Å². The molecule has 2 rings (SSSR count). The summed E-state index contributed by atoms with van der Waals surface area (Å²) >= 11 is 0. The van der Waals surface area contributed by atoms with Crippen molar-refractivity contribution in [2.45, 2.75) is 38.8 Å². The van der Waals surface area contributed by atoms with E-state index in [1.165, 1.54) is 4.80 Å². The molecule has 0 saturated heterocycles. The van der Waals surface area contributed by atoms with Gasteiger partial charge in [-0.2, -0.15) is 20.1 Å². The van der Waals surface area contributed by atoms with Crippen molar-refractivity contribution in [1.82, 2.24) is 24.8 Å². The Balaban J connectivity index is 2.03. The molecule has 2 aromatic rings. The van der Waals surface area contributed by atoms with Crippen LogP contribution in [-0.2, 0) is 13.5 Å². The summed E-state index contributed by atoms with van der Waals surface area (Å²) in [5, 5.41) is 12.8. The van der Waals surface area contributed by atoms with Crippen LogP contribution in [0.3, 0.4) is 0 Å². The van der Waals surface area contributed by atoms with Crippen molar-refractivity contribution in [1.29, 1.82) is 0 Å². The Hall–Kier alpha value is -1.69. The van der Waals surface area contributed by atoms with Gasteiger partial charge in [-0.1, -0.05) is 6.92 Å². The molecule has 6 nitrogen and oxygen atoms in total. The first-order valence-electron chi connectivity index (χ1n) is 6.26. The summed E-state index contributed by atoms with van der Waals surface area (Å²) in [6, 6.07) is 2.29. The first kappa shape index (κ1) is 12.8. The molecule has 0 fully saturated rings. The van der Waals surface area contributed by atoms with Crippen molar-refractivity contribution in [2.75, 3.05) is 0 Å². The van der Waals surface area contributed by atoms with E-state index in [4.69, 9.17) is 5.73 Å². The second kappa shape index (κ2) is 5.30. The second-order valence-corrected chi connectivity index (χ2v) is 4.61. The van der Waals surface area contributed by atoms with Gasteiger partial charge in [0.1, 0.15) is 0 Å². The molecule has 18 heavy (non-hydrogen) atoms. The van der Waals surface area contributed by atoms with Gasteiger partial charge in [-0.3, -0.25) is 4.68 Å². The molecule has 0 saturated carbocycles. The van der Waals surface area contributed by atoms with E-state index in [0.717, 1.165) is 17.8 Å². The van der Waals surface area contributed by atoms with Crippen molar-refractivity contribution in [3.8, 4) is 0 Å². The number of nitrogens with two attached hydrogens (primary N) is 1. The quantitative estimate of drug-likeness (QED) is 0.863. The molecule has 0 aliphatic rings. The monoisotopic (exact) mass is 248 g/mol. The van der Waals surface area contributed by atoms with Crippen LogP contribution in [-0.4, -0.2) is 24.8 Å². The fourth-order valence-electron chi connectivity index (χ4n) is 1.78. The third-order valence-corrected chi connectivity index (χ3v) is 3.13. The maximum atomic E-state index is 6.09. The van der Waals surface area contributed by atoms with E-state index < -0.39 is 0 Å². The largest absolute Gasteiger partial charge is 0.322 e. The predicted octanol–water partition coefficient (Wildman–Crippen LogP) is 1.23. The lowest BCUT2D eigenvalue weighted by Crippen LogP contribution is -2.15. The number of hydrogen-bond acceptors (Lipinski definition) is 4. The van der Waals surface area contributed by atoms with E-state index in [1.807, 2.05) is 16.9 Å². The highest BCUT2D eigenvalue weighted by molar-refractivity contribution is 5.08. The molecule has 0 aliphatic carbocycles. The Morgan fingerprint density at radius 1 is 1.39 bits per heavy atom. The topological polar surface area (TPSA) is 74.6 Å². The van der Waals surface area contributed by atoms with Crippen LogP contribution < -0.4 is 5.73 Å². The molecule has 2 N–H and O–H groups in total. The van der Waals surface area contributed by atoms with Gasteiger partial charge in [0.2, 0.25) is 0 Å². The number of aryl methyl sites for hydroxylation is 1. The lowest BCUT2D eigenvalue weighted by atomic mass is 10.1. The van der Waals surface area contributed by atoms with Gasteiger partial charge >= 0.3 is 0 Å². The van der Waals surface area contributed by atoms with Crippen LogP contribution in [0.4, 0.5) is 0 Å². The van der Waals surface area contributed by atoms with Crippen LogP contribution in [0.2, 0.25) is 0 Å². The molecule has 0 aliphatic heterocycles. The van der Waals surface area contributed by atoms with E-state index in [2.05, 4.69) is 29.1 Å². The second-order valence-electron chi connectivity index (χ2n) is 4.61. The average Bonchev–Trinajstić information content (AvgIpc) is 2.97. The maximum Gasteiger partial charge on any atom is 0.0998 e. The lowest BCUT2D eigenvalue weighted by Gasteiger charge is -2.09. The number of aromatic nitrogens is 5. The van der Waals surface area contributed by atoms with Gasteiger partial charge in [0.25, 0.3) is 0 Å². The smallest absolute Gasteiger partial charge is 0.0998 e. The number of hydrogen-bond donors (Lipinski definition) is 1. The molecule has 6 heteroatoms. The summed E-state index contributed by atoms with van der Waals surface area (Å²) < 4.78 is 1.98. The van der Waals surface area contributed by atoms with Crippen molar-refractivity contribution < 1.29 is 0 Å². The van der Waals surface area contributed by atoms with Crippen LogP contribution in [0.25, 0.3) is 0 Å². The molecule has 2 heterocycles. The highest BCUT2D eigenvalue weighted by atomic mass is 15.4. The maximum absolute atomic E-state index is 6.09. The van der Waals surface area contributed by atoms with Crippen molar-refractivity contribution >= 4 is 0 Å². The molecule has 0 bridgehead atoms. The van der Waals surface area contributed by atoms with Crippen LogP contribution in [0.15, 0.2) is 18.5 Å². The first-order valence-corrected chi connectivity index (χ1v) is 6.26. The fraction of sp³-hybridized carbons (Fsp3) is 0.583. The Morgan fingerprint density at radius 3 is 2.78 bits per heavy atom. The van der Waals surface area contributed by atoms with Gasteiger partial charge in [-0.25, -0.2) is 0 Å². The molecule has 98 valence electrons. The van der Waals surface area contributed by atoms with E-state index in [-0.39, 0.29) is 6.04 Å². The van der Waals surface area contributed by atoms with E-state index in [1.54, 1.807) is 13.2 Å². The standard InChI is InChI=1S/C12H20N6/c1-4-9(2)18-6-5-10(15-18)7-11(13)12-8-14-17(3)16-12/h5-6,8-9,11H,4,7,13H2,1-3H3. The Kier molecular flexibility index (Phi) is 3.76. The zero-order valence-electron chi connectivity index (χ0n) is 11.1. The van der Waals surface area contributed by atoms with Gasteiger partial charge in [0.15, 0.2) is 0 Å². The molecule has 0 radical (unpaired) electrons. The molecule has 2 unspecified atom stereocenters. The summed E-state index contributed by atoms with van der Waals surface area (Å²) in [7, 11) is 1.79. The molecular formula is C12H20N6. The van der Waals surface area contributed by atoms with Crippen LogP contribution in [0.1, 0.15) is 43.7 Å². The molecule has 0 spiro atoms. The van der Waals surface area contributed by atoms with E-state index in [0.29, 0.717) is 12.5 Å². The zero-order valence-corrected chi connectivity index (χ0v) is 11.1. The Morgan fingerprint density at radius 2 is 2.17 bits per heavy atom. The van der Waals surface area contributed by atoms with Gasteiger partial charge in [-0.05, 0) is 19.4 Å². The fourth-order valence-corrected chi connectivity index (χ4v) is 1.78. The highest BCUT2D eigenvalue weighted by Gasteiger charge is 2.13. The lowest BCUT2D eigenvalue weighted by molar-refractivity contribution is 0.471. The van der Waals surface area contributed by atoms with Crippen molar-refractivity contribution in [3.05, 3.63) is 29.8 Å². The van der Waals surface area contributed by atoms with Crippen LogP contribution in [0.5, 0.6) is 0 Å². The van der Waals surface area contributed by atoms with Gasteiger partial charge < -0.3 is 5.73 Å². The highest BCUT2D eigenvalue weighted by Crippen LogP contribution is 2.14. The Labute approximate surface area is 107 Å². The summed E-state index contributed by atoms with van der Waals surface area (Å²) in [5.41, 5.74) is 7.89. The number of nitrogens with zero attached hydrogens (tertiary/aromatic N) is 5. The normalized spacial score (nSPS) is 14.7. The molecule has 2 aromatic heterocycles. The SMILES string of the molecule is CCC(C)n1ccc(CC(N)c2cnn(C)n2)n1. The summed E-state index contributed by atoms with van der Waals surface area (Å²) in [6.07, 6.45) is 5.46. The van der Waals surface area contributed by atoms with Crippen LogP contribution in [0, 0.1) is 0 Å². The first-order chi connectivity index (χ1) is 8.60. The molecule has 2 atom stereocenters. The summed E-state index contributed by atoms with van der Waals surface area (Å²) in [4.78, 5) is 1.52. The van der Waals surface area contributed by atoms with Crippen molar-refractivity contribution in [3.63, 3.8) is 0 Å². The van der Waals surface area contributed by atoms with Crippen LogP contribution >= 0.6 is 0 Å². The van der Waals surface area contributed by atoms with Gasteiger partial charge in [0, 0.05) is 25.7 Å². The minimum absolute atomic E-state index is 0.154.